The van der Waals surface area contributed by atoms with E-state index in [1.165, 1.54) is 11.8 Å². The van der Waals surface area contributed by atoms with Crippen molar-refractivity contribution < 1.29 is 34.0 Å². The minimum atomic E-state index is -1.12. The molecule has 2 N–H and O–H groups in total. The van der Waals surface area contributed by atoms with Crippen molar-refractivity contribution in [1.29, 1.82) is 0 Å². The van der Waals surface area contributed by atoms with Gasteiger partial charge in [0.1, 0.15) is 6.10 Å². The molecule has 0 spiro atoms. The predicted octanol–water partition coefficient (Wildman–Crippen LogP) is 0.0186. The van der Waals surface area contributed by atoms with Gasteiger partial charge in [-0.2, -0.15) is 11.8 Å². The molecule has 0 saturated heterocycles. The Morgan fingerprint density at radius 1 is 1.00 bits per heavy atom. The average molecular weight is 381 g/mol. The molecule has 0 heterocycles. The SMILES string of the molecule is [N-]=[N+]=NCC(=O)C(O)CSCCOCCOCCOCCOCCO. The second-order valence-electron chi connectivity index (χ2n) is 4.62. The largest absolute Gasteiger partial charge is 0.394 e. The molecule has 0 bridgehead atoms. The minimum absolute atomic E-state index is 0.0116. The molecule has 0 fully saturated rings. The summed E-state index contributed by atoms with van der Waals surface area (Å²) < 4.78 is 20.9. The Morgan fingerprint density at radius 3 is 2.04 bits per heavy atom. The molecular weight excluding hydrogens is 354 g/mol. The Morgan fingerprint density at radius 2 is 1.52 bits per heavy atom. The first-order valence-electron chi connectivity index (χ1n) is 7.93. The van der Waals surface area contributed by atoms with Crippen LogP contribution in [-0.2, 0) is 23.7 Å². The zero-order chi connectivity index (χ0) is 18.6. The van der Waals surface area contributed by atoms with Crippen molar-refractivity contribution in [3.8, 4) is 0 Å². The number of rotatable bonds is 19. The van der Waals surface area contributed by atoms with E-state index < -0.39 is 11.9 Å². The Labute approximate surface area is 151 Å². The summed E-state index contributed by atoms with van der Waals surface area (Å²) in [5, 5.41) is 21.1. The molecule has 0 radical (unpaired) electrons. The minimum Gasteiger partial charge on any atom is -0.394 e. The molecule has 0 rings (SSSR count). The van der Waals surface area contributed by atoms with Crippen molar-refractivity contribution >= 4 is 17.5 Å². The molecular formula is C14H27N3O7S. The first-order valence-corrected chi connectivity index (χ1v) is 9.09. The summed E-state index contributed by atoms with van der Waals surface area (Å²) in [5.41, 5.74) is 8.09. The summed E-state index contributed by atoms with van der Waals surface area (Å²) >= 11 is 1.39. The summed E-state index contributed by atoms with van der Waals surface area (Å²) in [6, 6.07) is 0. The topological polar surface area (TPSA) is 143 Å². The number of hydrogen-bond donors (Lipinski definition) is 2. The van der Waals surface area contributed by atoms with Gasteiger partial charge in [-0.25, -0.2) is 0 Å². The zero-order valence-corrected chi connectivity index (χ0v) is 15.1. The third kappa shape index (κ3) is 17.7. The van der Waals surface area contributed by atoms with E-state index in [4.69, 9.17) is 29.6 Å². The third-order valence-corrected chi connectivity index (χ3v) is 3.67. The highest BCUT2D eigenvalue weighted by Gasteiger charge is 2.13. The van der Waals surface area contributed by atoms with Crippen LogP contribution in [0.15, 0.2) is 5.11 Å². The highest BCUT2D eigenvalue weighted by atomic mass is 32.2. The number of aliphatic hydroxyl groups excluding tert-OH is 2. The number of hydrogen-bond acceptors (Lipinski definition) is 9. The maximum Gasteiger partial charge on any atom is 0.167 e. The van der Waals surface area contributed by atoms with Crippen LogP contribution in [0.2, 0.25) is 0 Å². The molecule has 11 heteroatoms. The molecule has 0 aromatic heterocycles. The monoisotopic (exact) mass is 381 g/mol. The lowest BCUT2D eigenvalue weighted by molar-refractivity contribution is -0.124. The molecule has 1 unspecified atom stereocenters. The number of carbonyl (C=O) groups is 1. The number of ether oxygens (including phenoxy) is 4. The van der Waals surface area contributed by atoms with Crippen LogP contribution < -0.4 is 0 Å². The lowest BCUT2D eigenvalue weighted by Crippen LogP contribution is -2.25. The molecule has 146 valence electrons. The Kier molecular flexibility index (Phi) is 18.7. The maximum absolute atomic E-state index is 11.3. The molecule has 0 amide bonds. The Bertz CT molecular complexity index is 370. The van der Waals surface area contributed by atoms with Gasteiger partial charge >= 0.3 is 0 Å². The number of thioether (sulfide) groups is 1. The van der Waals surface area contributed by atoms with Crippen molar-refractivity contribution in [2.24, 2.45) is 5.11 Å². The van der Waals surface area contributed by atoms with E-state index >= 15 is 0 Å². The fraction of sp³-hybridized carbons (Fsp3) is 0.929. The van der Waals surface area contributed by atoms with E-state index in [2.05, 4.69) is 10.0 Å². The number of ketones is 1. The number of nitrogens with zero attached hydrogens (tertiary/aromatic N) is 3. The van der Waals surface area contributed by atoms with Crippen LogP contribution in [-0.4, -0.2) is 99.6 Å². The molecule has 0 aliphatic rings. The fourth-order valence-electron chi connectivity index (χ4n) is 1.44. The lowest BCUT2D eigenvalue weighted by Gasteiger charge is -2.08. The van der Waals surface area contributed by atoms with Gasteiger partial charge in [-0.3, -0.25) is 4.79 Å². The predicted molar refractivity (Wildman–Crippen MR) is 92.7 cm³/mol. The van der Waals surface area contributed by atoms with Crippen LogP contribution in [0.3, 0.4) is 0 Å². The Balaban J connectivity index is 3.21. The van der Waals surface area contributed by atoms with Crippen LogP contribution in [0.4, 0.5) is 0 Å². The third-order valence-electron chi connectivity index (χ3n) is 2.66. The lowest BCUT2D eigenvalue weighted by atomic mass is 10.3. The number of Topliss-reactive ketones (excluding diaryl/α,β-unsaturated/α-hetero) is 1. The molecule has 1 atom stereocenters. The van der Waals surface area contributed by atoms with Crippen LogP contribution in [0.1, 0.15) is 0 Å². The smallest absolute Gasteiger partial charge is 0.167 e. The van der Waals surface area contributed by atoms with Crippen LogP contribution in [0, 0.1) is 0 Å². The van der Waals surface area contributed by atoms with E-state index in [1.54, 1.807) is 0 Å². The number of carbonyl (C=O) groups excluding carboxylic acids is 1. The normalized spacial score (nSPS) is 11.9. The number of aliphatic hydroxyl groups is 2. The van der Waals surface area contributed by atoms with E-state index in [-0.39, 0.29) is 18.9 Å². The van der Waals surface area contributed by atoms with Gasteiger partial charge in [0.25, 0.3) is 0 Å². The summed E-state index contributed by atoms with van der Waals surface area (Å²) in [6.45, 7) is 3.27. The average Bonchev–Trinajstić information content (AvgIpc) is 2.62. The summed E-state index contributed by atoms with van der Waals surface area (Å²) in [5.74, 6) is 0.406. The second-order valence-corrected chi connectivity index (χ2v) is 5.77. The molecule has 25 heavy (non-hydrogen) atoms. The quantitative estimate of drug-likeness (QED) is 0.138. The van der Waals surface area contributed by atoms with Gasteiger partial charge in [0, 0.05) is 16.4 Å². The van der Waals surface area contributed by atoms with Crippen molar-refractivity contribution in [1.82, 2.24) is 0 Å². The molecule has 0 saturated carbocycles. The summed E-state index contributed by atoms with van der Waals surface area (Å²) in [6.07, 6.45) is -1.12. The Hall–Kier alpha value is -0.910. The van der Waals surface area contributed by atoms with Crippen molar-refractivity contribution in [2.75, 3.05) is 77.5 Å². The van der Waals surface area contributed by atoms with Gasteiger partial charge in [-0.15, -0.1) is 0 Å². The van der Waals surface area contributed by atoms with E-state index in [9.17, 15) is 9.90 Å². The van der Waals surface area contributed by atoms with Crippen molar-refractivity contribution in [2.45, 2.75) is 6.10 Å². The molecule has 0 aliphatic heterocycles. The van der Waals surface area contributed by atoms with Gasteiger partial charge < -0.3 is 29.2 Å². The van der Waals surface area contributed by atoms with Gasteiger partial charge in [0.15, 0.2) is 5.78 Å². The van der Waals surface area contributed by atoms with Gasteiger partial charge in [-0.05, 0) is 5.53 Å². The van der Waals surface area contributed by atoms with Gasteiger partial charge in [-0.1, -0.05) is 5.11 Å². The number of azide groups is 1. The molecule has 10 nitrogen and oxygen atoms in total. The highest BCUT2D eigenvalue weighted by molar-refractivity contribution is 7.99. The van der Waals surface area contributed by atoms with E-state index in [0.717, 1.165) is 0 Å². The zero-order valence-electron chi connectivity index (χ0n) is 14.2. The molecule has 0 aromatic rings. The van der Waals surface area contributed by atoms with Crippen LogP contribution >= 0.6 is 11.8 Å². The molecule has 0 aliphatic carbocycles. The van der Waals surface area contributed by atoms with Gasteiger partial charge in [0.2, 0.25) is 0 Å². The van der Waals surface area contributed by atoms with Crippen molar-refractivity contribution in [3.05, 3.63) is 10.4 Å². The van der Waals surface area contributed by atoms with Crippen molar-refractivity contribution in [3.63, 3.8) is 0 Å². The summed E-state index contributed by atoms with van der Waals surface area (Å²) in [4.78, 5) is 13.7. The van der Waals surface area contributed by atoms with Gasteiger partial charge in [0.05, 0.1) is 66.0 Å². The first-order chi connectivity index (χ1) is 12.2. The van der Waals surface area contributed by atoms with E-state index in [0.29, 0.717) is 58.6 Å². The van der Waals surface area contributed by atoms with E-state index in [1.807, 2.05) is 0 Å². The second kappa shape index (κ2) is 19.4. The standard InChI is InChI=1S/C14H27N3O7S/c15-17-16-11-13(19)14(20)12-25-10-9-24-8-7-23-6-5-22-4-3-21-2-1-18/h14,18,20H,1-12H2. The first kappa shape index (κ1) is 24.1. The maximum atomic E-state index is 11.3. The highest BCUT2D eigenvalue weighted by Crippen LogP contribution is 2.04. The molecule has 0 aromatic carbocycles. The summed E-state index contributed by atoms with van der Waals surface area (Å²) in [7, 11) is 0. The van der Waals surface area contributed by atoms with Crippen LogP contribution in [0.5, 0.6) is 0 Å². The fourth-order valence-corrected chi connectivity index (χ4v) is 2.25. The van der Waals surface area contributed by atoms with Crippen LogP contribution in [0.25, 0.3) is 10.4 Å².